The van der Waals surface area contributed by atoms with Gasteiger partial charge in [0.2, 0.25) is 0 Å². The summed E-state index contributed by atoms with van der Waals surface area (Å²) in [6, 6.07) is 10.1. The van der Waals surface area contributed by atoms with Gasteiger partial charge in [0.25, 0.3) is 0 Å². The van der Waals surface area contributed by atoms with E-state index in [0.717, 1.165) is 0 Å². The average molecular weight is 269 g/mol. The fourth-order valence-electron chi connectivity index (χ4n) is 1.78. The molecule has 0 amide bonds. The zero-order chi connectivity index (χ0) is 14.4. The molecule has 0 aliphatic heterocycles. The molecule has 0 bridgehead atoms. The minimum Gasteiger partial charge on any atom is -0.494 e. The summed E-state index contributed by atoms with van der Waals surface area (Å²) in [5.74, 6) is 0.279. The van der Waals surface area contributed by atoms with Crippen LogP contribution in [0.15, 0.2) is 48.8 Å². The number of benzene rings is 1. The Hall–Kier alpha value is -2.49. The van der Waals surface area contributed by atoms with Crippen LogP contribution < -0.4 is 4.74 Å². The summed E-state index contributed by atoms with van der Waals surface area (Å²) < 4.78 is 5.30. The molecule has 4 heteroatoms. The predicted molar refractivity (Wildman–Crippen MR) is 75.1 cm³/mol. The normalized spacial score (nSPS) is 10.1. The van der Waals surface area contributed by atoms with Crippen LogP contribution in [0.2, 0.25) is 0 Å². The molecule has 1 aromatic carbocycles. The van der Waals surface area contributed by atoms with Crippen LogP contribution in [0.5, 0.6) is 5.75 Å². The van der Waals surface area contributed by atoms with Crippen molar-refractivity contribution in [2.24, 2.45) is 0 Å². The molecule has 0 saturated carbocycles. The first kappa shape index (κ1) is 13.9. The lowest BCUT2D eigenvalue weighted by atomic mass is 10.0. The number of carbonyl (C=O) groups is 2. The zero-order valence-corrected chi connectivity index (χ0v) is 11.2. The summed E-state index contributed by atoms with van der Waals surface area (Å²) in [6.07, 6.45) is 2.90. The monoisotopic (exact) mass is 269 g/mol. The van der Waals surface area contributed by atoms with E-state index in [2.05, 4.69) is 4.98 Å². The third kappa shape index (κ3) is 3.51. The fourth-order valence-corrected chi connectivity index (χ4v) is 1.78. The van der Waals surface area contributed by atoms with Crippen molar-refractivity contribution in [3.8, 4) is 5.75 Å². The fraction of sp³-hybridized carbons (Fsp3) is 0.188. The first-order valence-corrected chi connectivity index (χ1v) is 6.40. The van der Waals surface area contributed by atoms with Gasteiger partial charge in [-0.1, -0.05) is 0 Å². The Labute approximate surface area is 117 Å². The first-order chi connectivity index (χ1) is 9.70. The van der Waals surface area contributed by atoms with Gasteiger partial charge in [0.15, 0.2) is 11.6 Å². The average Bonchev–Trinajstić information content (AvgIpc) is 2.49. The Morgan fingerprint density at radius 2 is 1.75 bits per heavy atom. The van der Waals surface area contributed by atoms with Gasteiger partial charge in [0.05, 0.1) is 13.0 Å². The molecule has 0 aliphatic carbocycles. The van der Waals surface area contributed by atoms with Crippen molar-refractivity contribution in [3.63, 3.8) is 0 Å². The van der Waals surface area contributed by atoms with E-state index in [1.54, 1.807) is 42.6 Å². The van der Waals surface area contributed by atoms with E-state index in [1.807, 2.05) is 6.92 Å². The van der Waals surface area contributed by atoms with Crippen molar-refractivity contribution < 1.29 is 14.3 Å². The smallest absolute Gasteiger partial charge is 0.172 e. The third-order valence-corrected chi connectivity index (χ3v) is 2.79. The minimum absolute atomic E-state index is 0.153. The highest BCUT2D eigenvalue weighted by molar-refractivity contribution is 6.13. The second-order valence-electron chi connectivity index (χ2n) is 4.22. The maximum Gasteiger partial charge on any atom is 0.172 e. The van der Waals surface area contributed by atoms with Gasteiger partial charge in [-0.25, -0.2) is 0 Å². The van der Waals surface area contributed by atoms with Crippen LogP contribution in [0.25, 0.3) is 0 Å². The number of nitrogens with zero attached hydrogens (tertiary/aromatic N) is 1. The van der Waals surface area contributed by atoms with Crippen molar-refractivity contribution in [2.75, 3.05) is 6.61 Å². The predicted octanol–water partition coefficient (Wildman–Crippen LogP) is 2.94. The van der Waals surface area contributed by atoms with E-state index in [-0.39, 0.29) is 18.0 Å². The number of rotatable bonds is 6. The molecule has 0 fully saturated rings. The lowest BCUT2D eigenvalue weighted by Crippen LogP contribution is -2.08. The number of hydrogen-bond donors (Lipinski definition) is 0. The summed E-state index contributed by atoms with van der Waals surface area (Å²) in [7, 11) is 0. The van der Waals surface area contributed by atoms with Crippen LogP contribution in [-0.4, -0.2) is 23.2 Å². The van der Waals surface area contributed by atoms with Crippen LogP contribution in [-0.2, 0) is 0 Å². The highest BCUT2D eigenvalue weighted by Gasteiger charge is 2.13. The number of hydrogen-bond acceptors (Lipinski definition) is 4. The topological polar surface area (TPSA) is 56.3 Å². The second-order valence-corrected chi connectivity index (χ2v) is 4.22. The van der Waals surface area contributed by atoms with Crippen LogP contribution in [0.1, 0.15) is 34.1 Å². The molecule has 0 saturated heterocycles. The number of pyridine rings is 1. The molecule has 0 N–H and O–H groups in total. The van der Waals surface area contributed by atoms with Gasteiger partial charge in [0.1, 0.15) is 5.75 Å². The lowest BCUT2D eigenvalue weighted by molar-refractivity contribution is 0.0894. The first-order valence-electron chi connectivity index (χ1n) is 6.40. The zero-order valence-electron chi connectivity index (χ0n) is 11.2. The van der Waals surface area contributed by atoms with E-state index in [4.69, 9.17) is 4.74 Å². The molecule has 1 aromatic heterocycles. The molecular formula is C16H15NO3. The number of aromatic nitrogens is 1. The van der Waals surface area contributed by atoms with E-state index in [9.17, 15) is 9.59 Å². The molecule has 0 aliphatic rings. The number of ether oxygens (including phenoxy) is 1. The van der Waals surface area contributed by atoms with Gasteiger partial charge < -0.3 is 4.74 Å². The molecule has 2 rings (SSSR count). The lowest BCUT2D eigenvalue weighted by Gasteiger charge is -2.04. The Balaban J connectivity index is 2.03. The number of Topliss-reactive ketones (excluding diaryl/α,β-unsaturated/α-hetero) is 2. The largest absolute Gasteiger partial charge is 0.494 e. The molecule has 0 spiro atoms. The SMILES string of the molecule is CCOc1ccc(C(=O)CC(=O)c2cccnc2)cc1. The van der Waals surface area contributed by atoms with Crippen molar-refractivity contribution in [1.82, 2.24) is 4.98 Å². The molecule has 0 radical (unpaired) electrons. The van der Waals surface area contributed by atoms with Gasteiger partial charge >= 0.3 is 0 Å². The van der Waals surface area contributed by atoms with Gasteiger partial charge in [-0.05, 0) is 43.3 Å². The van der Waals surface area contributed by atoms with E-state index >= 15 is 0 Å². The van der Waals surface area contributed by atoms with Crippen LogP contribution in [0.4, 0.5) is 0 Å². The molecule has 4 nitrogen and oxygen atoms in total. The summed E-state index contributed by atoms with van der Waals surface area (Å²) in [5, 5.41) is 0. The van der Waals surface area contributed by atoms with Gasteiger partial charge in [-0.3, -0.25) is 14.6 Å². The number of carbonyl (C=O) groups excluding carboxylic acids is 2. The summed E-state index contributed by atoms with van der Waals surface area (Å²) in [5.41, 5.74) is 0.956. The summed E-state index contributed by atoms with van der Waals surface area (Å²) in [6.45, 7) is 2.47. The van der Waals surface area contributed by atoms with Crippen molar-refractivity contribution in [2.45, 2.75) is 13.3 Å². The molecule has 102 valence electrons. The molecule has 20 heavy (non-hydrogen) atoms. The maximum atomic E-state index is 12.0. The van der Waals surface area contributed by atoms with E-state index in [1.165, 1.54) is 6.20 Å². The van der Waals surface area contributed by atoms with Crippen LogP contribution in [0, 0.1) is 0 Å². The van der Waals surface area contributed by atoms with Gasteiger partial charge in [-0.15, -0.1) is 0 Å². The van der Waals surface area contributed by atoms with E-state index in [0.29, 0.717) is 23.5 Å². The van der Waals surface area contributed by atoms with E-state index < -0.39 is 0 Å². The Bertz CT molecular complexity index is 591. The van der Waals surface area contributed by atoms with Gasteiger partial charge in [-0.2, -0.15) is 0 Å². The molecule has 2 aromatic rings. The second kappa shape index (κ2) is 6.61. The summed E-state index contributed by atoms with van der Waals surface area (Å²) in [4.78, 5) is 27.8. The Kier molecular flexibility index (Phi) is 4.60. The number of ketones is 2. The van der Waals surface area contributed by atoms with Crippen LogP contribution in [0.3, 0.4) is 0 Å². The summed E-state index contributed by atoms with van der Waals surface area (Å²) >= 11 is 0. The third-order valence-electron chi connectivity index (χ3n) is 2.79. The van der Waals surface area contributed by atoms with Crippen LogP contribution >= 0.6 is 0 Å². The standard InChI is InChI=1S/C16H15NO3/c1-2-20-14-7-5-12(6-8-14)15(18)10-16(19)13-4-3-9-17-11-13/h3-9,11H,2,10H2,1H3. The van der Waals surface area contributed by atoms with Gasteiger partial charge in [0, 0.05) is 23.5 Å². The Morgan fingerprint density at radius 1 is 1.05 bits per heavy atom. The molecular weight excluding hydrogens is 254 g/mol. The van der Waals surface area contributed by atoms with Crippen molar-refractivity contribution >= 4 is 11.6 Å². The van der Waals surface area contributed by atoms with Crippen molar-refractivity contribution in [1.29, 1.82) is 0 Å². The van der Waals surface area contributed by atoms with Crippen molar-refractivity contribution in [3.05, 3.63) is 59.9 Å². The molecule has 1 heterocycles. The maximum absolute atomic E-state index is 12.0. The molecule has 0 atom stereocenters. The molecule has 0 unspecified atom stereocenters. The quantitative estimate of drug-likeness (QED) is 0.597. The highest BCUT2D eigenvalue weighted by atomic mass is 16.5. The highest BCUT2D eigenvalue weighted by Crippen LogP contribution is 2.14. The minimum atomic E-state index is -0.225. The Morgan fingerprint density at radius 3 is 2.35 bits per heavy atom.